The van der Waals surface area contributed by atoms with Crippen molar-refractivity contribution in [3.63, 3.8) is 0 Å². The highest BCUT2D eigenvalue weighted by Gasteiger charge is 2.24. The molecule has 0 bridgehead atoms. The first-order valence-corrected chi connectivity index (χ1v) is 17.5. The van der Waals surface area contributed by atoms with Crippen LogP contribution in [0.25, 0.3) is 0 Å². The van der Waals surface area contributed by atoms with Gasteiger partial charge in [-0.15, -0.1) is 0 Å². The summed E-state index contributed by atoms with van der Waals surface area (Å²) in [5.74, 6) is -0.185. The lowest BCUT2D eigenvalue weighted by molar-refractivity contribution is -0.870. The topological polar surface area (TPSA) is 108 Å². The number of nitrogens with zero attached hydrogens (tertiary/aromatic N) is 1. The number of rotatable bonds is 28. The maximum atomic E-state index is 12.6. The number of hydrogen-bond donors (Lipinski definition) is 2. The molecule has 3 unspecified atom stereocenters. The molecule has 1 amide bonds. The van der Waals surface area contributed by atoms with Crippen molar-refractivity contribution in [3.05, 3.63) is 12.2 Å². The Bertz CT molecular complexity index is 683. The van der Waals surface area contributed by atoms with Gasteiger partial charge in [-0.1, -0.05) is 96.6 Å². The summed E-state index contributed by atoms with van der Waals surface area (Å²) in [6, 6.07) is -0.795. The third-order valence-corrected chi connectivity index (χ3v) is 7.97. The van der Waals surface area contributed by atoms with Gasteiger partial charge in [0, 0.05) is 6.42 Å². The molecule has 9 heteroatoms. The van der Waals surface area contributed by atoms with Crippen LogP contribution in [0.2, 0.25) is 0 Å². The Morgan fingerprint density at radius 2 is 1.38 bits per heavy atom. The summed E-state index contributed by atoms with van der Waals surface area (Å²) in [6.45, 7) is 4.54. The highest BCUT2D eigenvalue weighted by molar-refractivity contribution is 7.45. The van der Waals surface area contributed by atoms with Crippen LogP contribution in [0.5, 0.6) is 0 Å². The minimum absolute atomic E-state index is 0.0102. The van der Waals surface area contributed by atoms with Gasteiger partial charge in [0.15, 0.2) is 0 Å². The zero-order valence-corrected chi connectivity index (χ0v) is 27.4. The summed E-state index contributed by atoms with van der Waals surface area (Å²) in [7, 11) is 1.29. The lowest BCUT2D eigenvalue weighted by Crippen LogP contribution is -2.46. The van der Waals surface area contributed by atoms with E-state index >= 15 is 0 Å². The van der Waals surface area contributed by atoms with Crippen LogP contribution in [0.4, 0.5) is 0 Å². The number of phosphoric acid groups is 1. The van der Waals surface area contributed by atoms with Gasteiger partial charge in [0.05, 0.1) is 39.9 Å². The highest BCUT2D eigenvalue weighted by atomic mass is 31.2. The first kappa shape index (κ1) is 39.2. The van der Waals surface area contributed by atoms with Crippen molar-refractivity contribution in [1.29, 1.82) is 0 Å². The molecule has 0 fully saturated rings. The van der Waals surface area contributed by atoms with E-state index in [0.29, 0.717) is 23.9 Å². The minimum Gasteiger partial charge on any atom is -0.756 e. The van der Waals surface area contributed by atoms with Crippen molar-refractivity contribution in [1.82, 2.24) is 5.32 Å². The second kappa shape index (κ2) is 24.8. The molecule has 3 atom stereocenters. The van der Waals surface area contributed by atoms with E-state index in [4.69, 9.17) is 9.05 Å². The molecular formula is C31H63N2O6P. The van der Waals surface area contributed by atoms with E-state index < -0.39 is 20.0 Å². The van der Waals surface area contributed by atoms with Crippen molar-refractivity contribution in [2.45, 2.75) is 142 Å². The standard InChI is InChI=1S/C31H63N2O6P/c1-6-8-10-12-13-14-15-16-17-18-19-20-21-23-25-31(35)32-29(30(34)24-22-11-9-7-2)28-39-40(36,37)38-27-26-33(3,4)5/h15-16,29-30,34H,6-14,17-28H2,1-5H3,(H-,32,35,36,37)/b16-15-. The largest absolute Gasteiger partial charge is 0.756 e. The van der Waals surface area contributed by atoms with Crippen LogP contribution >= 0.6 is 7.82 Å². The molecule has 0 aromatic carbocycles. The molecule has 0 aromatic rings. The van der Waals surface area contributed by atoms with E-state index in [0.717, 1.165) is 57.8 Å². The van der Waals surface area contributed by atoms with Gasteiger partial charge in [-0.05, 0) is 38.5 Å². The van der Waals surface area contributed by atoms with Crippen LogP contribution in [0, 0.1) is 0 Å². The maximum Gasteiger partial charge on any atom is 0.268 e. The van der Waals surface area contributed by atoms with Crippen molar-refractivity contribution in [2.75, 3.05) is 40.9 Å². The second-order valence-corrected chi connectivity index (χ2v) is 13.6. The maximum absolute atomic E-state index is 12.6. The number of aliphatic hydroxyl groups excluding tert-OH is 1. The van der Waals surface area contributed by atoms with E-state index in [1.54, 1.807) is 0 Å². The first-order chi connectivity index (χ1) is 19.0. The Balaban J connectivity index is 4.35. The van der Waals surface area contributed by atoms with Crippen molar-refractivity contribution < 1.29 is 32.9 Å². The molecule has 0 spiro atoms. The van der Waals surface area contributed by atoms with Gasteiger partial charge in [0.1, 0.15) is 13.2 Å². The van der Waals surface area contributed by atoms with Crippen LogP contribution in [0.1, 0.15) is 129 Å². The molecule has 0 radical (unpaired) electrons. The number of aliphatic hydroxyl groups is 1. The number of carbonyl (C=O) groups excluding carboxylic acids is 1. The van der Waals surface area contributed by atoms with Crippen molar-refractivity contribution >= 4 is 13.7 Å². The number of hydrogen-bond acceptors (Lipinski definition) is 6. The van der Waals surface area contributed by atoms with E-state index in [1.807, 2.05) is 21.1 Å². The zero-order chi connectivity index (χ0) is 30.1. The molecule has 2 N–H and O–H groups in total. The third kappa shape index (κ3) is 26.2. The molecule has 0 aliphatic carbocycles. The van der Waals surface area contributed by atoms with Gasteiger partial charge in [0.2, 0.25) is 5.91 Å². The number of nitrogens with one attached hydrogen (secondary N) is 1. The highest BCUT2D eigenvalue weighted by Crippen LogP contribution is 2.38. The second-order valence-electron chi connectivity index (χ2n) is 12.2. The van der Waals surface area contributed by atoms with Crippen LogP contribution in [-0.4, -0.2) is 68.5 Å². The number of unbranched alkanes of at least 4 members (excludes halogenated alkanes) is 13. The van der Waals surface area contributed by atoms with Crippen LogP contribution in [0.15, 0.2) is 12.2 Å². The predicted molar refractivity (Wildman–Crippen MR) is 164 cm³/mol. The first-order valence-electron chi connectivity index (χ1n) is 16.0. The van der Waals surface area contributed by atoms with Gasteiger partial charge < -0.3 is 28.8 Å². The monoisotopic (exact) mass is 590 g/mol. The number of likely N-dealkylation sites (N-methyl/N-ethyl adjacent to an activating group) is 1. The van der Waals surface area contributed by atoms with Crippen molar-refractivity contribution in [2.24, 2.45) is 0 Å². The Hall–Kier alpha value is -0.760. The average Bonchev–Trinajstić information content (AvgIpc) is 2.88. The number of allylic oxidation sites excluding steroid dienone is 2. The van der Waals surface area contributed by atoms with Crippen LogP contribution in [-0.2, 0) is 18.4 Å². The number of carbonyl (C=O) groups is 1. The summed E-state index contributed by atoms with van der Waals surface area (Å²) < 4.78 is 22.8. The Morgan fingerprint density at radius 1 is 0.850 bits per heavy atom. The van der Waals surface area contributed by atoms with Crippen LogP contribution in [0.3, 0.4) is 0 Å². The minimum atomic E-state index is -4.53. The summed E-state index contributed by atoms with van der Waals surface area (Å²) >= 11 is 0. The number of amides is 1. The van der Waals surface area contributed by atoms with E-state index in [9.17, 15) is 19.4 Å². The van der Waals surface area contributed by atoms with Gasteiger partial charge in [-0.2, -0.15) is 0 Å². The molecule has 238 valence electrons. The smallest absolute Gasteiger partial charge is 0.268 e. The van der Waals surface area contributed by atoms with Gasteiger partial charge in [-0.25, -0.2) is 0 Å². The van der Waals surface area contributed by atoms with E-state index in [1.165, 1.54) is 44.9 Å². The predicted octanol–water partition coefficient (Wildman–Crippen LogP) is 6.66. The molecule has 0 aromatic heterocycles. The zero-order valence-electron chi connectivity index (χ0n) is 26.5. The molecule has 0 saturated heterocycles. The van der Waals surface area contributed by atoms with Gasteiger partial charge in [0.25, 0.3) is 7.82 Å². The summed E-state index contributed by atoms with van der Waals surface area (Å²) in [4.78, 5) is 24.8. The lowest BCUT2D eigenvalue weighted by Gasteiger charge is -2.30. The Kier molecular flexibility index (Phi) is 24.3. The van der Waals surface area contributed by atoms with E-state index in [-0.39, 0.29) is 19.1 Å². The van der Waals surface area contributed by atoms with Gasteiger partial charge >= 0.3 is 0 Å². The molecule has 0 aliphatic heterocycles. The quantitative estimate of drug-likeness (QED) is 0.0457. The molecule has 40 heavy (non-hydrogen) atoms. The number of phosphoric ester groups is 1. The SMILES string of the molecule is CCCCCCC/C=C\CCCCCCCC(=O)NC(COP(=O)([O-])OCC[N+](C)(C)C)C(O)CCCCCC. The molecule has 8 nitrogen and oxygen atoms in total. The fourth-order valence-corrected chi connectivity index (χ4v) is 5.05. The Labute approximate surface area is 246 Å². The average molecular weight is 591 g/mol. The summed E-state index contributed by atoms with van der Waals surface area (Å²) in [5, 5.41) is 13.5. The van der Waals surface area contributed by atoms with Crippen molar-refractivity contribution in [3.8, 4) is 0 Å². The molecule has 0 rings (SSSR count). The summed E-state index contributed by atoms with van der Waals surface area (Å²) in [6.07, 6.45) is 22.6. The fraction of sp³-hybridized carbons (Fsp3) is 0.903. The van der Waals surface area contributed by atoms with Gasteiger partial charge in [-0.3, -0.25) is 9.36 Å². The molecule has 0 saturated carbocycles. The molecular weight excluding hydrogens is 527 g/mol. The number of quaternary nitrogens is 1. The Morgan fingerprint density at radius 3 is 1.95 bits per heavy atom. The summed E-state index contributed by atoms with van der Waals surface area (Å²) in [5.41, 5.74) is 0. The molecule has 0 aliphatic rings. The molecule has 0 heterocycles. The van der Waals surface area contributed by atoms with Crippen LogP contribution < -0.4 is 10.2 Å². The third-order valence-electron chi connectivity index (χ3n) is 7.00. The normalized spacial score (nSPS) is 15.3. The fourth-order valence-electron chi connectivity index (χ4n) is 4.32. The lowest BCUT2D eigenvalue weighted by atomic mass is 10.0. The van der Waals surface area contributed by atoms with E-state index in [2.05, 4.69) is 31.3 Å².